The molecule has 0 aromatic rings. The zero-order chi connectivity index (χ0) is 8.72. The molecule has 0 aromatic heterocycles. The SMILES string of the molecule is C[C@@H]1CC(C2C=C2)[C@@H](N)CN1C. The Morgan fingerprint density at radius 1 is 1.42 bits per heavy atom. The number of likely N-dealkylation sites (N-methyl/N-ethyl adjacent to an activating group) is 1. The van der Waals surface area contributed by atoms with Crippen LogP contribution in [0.15, 0.2) is 12.2 Å². The van der Waals surface area contributed by atoms with Crippen LogP contribution in [0, 0.1) is 11.8 Å². The third-order valence-corrected chi connectivity index (χ3v) is 3.32. The van der Waals surface area contributed by atoms with Crippen molar-refractivity contribution in [1.29, 1.82) is 0 Å². The van der Waals surface area contributed by atoms with E-state index in [1.54, 1.807) is 0 Å². The molecule has 2 aliphatic rings. The van der Waals surface area contributed by atoms with Crippen LogP contribution in [-0.4, -0.2) is 30.6 Å². The molecule has 2 heteroatoms. The highest BCUT2D eigenvalue weighted by Crippen LogP contribution is 2.35. The van der Waals surface area contributed by atoms with Crippen LogP contribution in [-0.2, 0) is 0 Å². The van der Waals surface area contributed by atoms with Crippen molar-refractivity contribution in [2.45, 2.75) is 25.4 Å². The van der Waals surface area contributed by atoms with E-state index in [4.69, 9.17) is 5.73 Å². The van der Waals surface area contributed by atoms with Gasteiger partial charge in [0.2, 0.25) is 0 Å². The van der Waals surface area contributed by atoms with Crippen molar-refractivity contribution in [2.75, 3.05) is 13.6 Å². The van der Waals surface area contributed by atoms with E-state index in [1.807, 2.05) is 0 Å². The van der Waals surface area contributed by atoms with E-state index in [1.165, 1.54) is 6.42 Å². The molecule has 0 saturated carbocycles. The summed E-state index contributed by atoms with van der Waals surface area (Å²) in [5.41, 5.74) is 6.09. The Morgan fingerprint density at radius 2 is 2.08 bits per heavy atom. The summed E-state index contributed by atoms with van der Waals surface area (Å²) in [6.45, 7) is 3.35. The second kappa shape index (κ2) is 2.86. The number of nitrogens with two attached hydrogens (primary N) is 1. The maximum absolute atomic E-state index is 6.09. The van der Waals surface area contributed by atoms with Gasteiger partial charge < -0.3 is 10.6 Å². The van der Waals surface area contributed by atoms with Gasteiger partial charge in [-0.3, -0.25) is 0 Å². The van der Waals surface area contributed by atoms with Gasteiger partial charge in [0.1, 0.15) is 0 Å². The first-order valence-electron chi connectivity index (χ1n) is 4.82. The highest BCUT2D eigenvalue weighted by Gasteiger charge is 2.35. The number of rotatable bonds is 1. The predicted molar refractivity (Wildman–Crippen MR) is 50.8 cm³/mol. The van der Waals surface area contributed by atoms with Crippen LogP contribution in [0.2, 0.25) is 0 Å². The summed E-state index contributed by atoms with van der Waals surface area (Å²) < 4.78 is 0. The Labute approximate surface area is 74.4 Å². The Hall–Kier alpha value is -0.340. The Bertz CT molecular complexity index is 194. The Morgan fingerprint density at radius 3 is 2.67 bits per heavy atom. The van der Waals surface area contributed by atoms with Crippen molar-refractivity contribution in [2.24, 2.45) is 17.6 Å². The first-order chi connectivity index (χ1) is 5.68. The van der Waals surface area contributed by atoms with Crippen molar-refractivity contribution < 1.29 is 0 Å². The van der Waals surface area contributed by atoms with Crippen LogP contribution >= 0.6 is 0 Å². The van der Waals surface area contributed by atoms with Gasteiger partial charge in [-0.25, -0.2) is 0 Å². The molecule has 1 heterocycles. The normalized spacial score (nSPS) is 43.4. The third-order valence-electron chi connectivity index (χ3n) is 3.32. The number of piperidine rings is 1. The summed E-state index contributed by atoms with van der Waals surface area (Å²) in [4.78, 5) is 2.36. The highest BCUT2D eigenvalue weighted by molar-refractivity contribution is 5.18. The molecular formula is C10H18N2. The minimum atomic E-state index is 0.381. The van der Waals surface area contributed by atoms with Gasteiger partial charge in [0, 0.05) is 18.6 Å². The smallest absolute Gasteiger partial charge is 0.0205 e. The molecule has 1 aliphatic carbocycles. The zero-order valence-electron chi connectivity index (χ0n) is 7.90. The number of nitrogens with zero attached hydrogens (tertiary/aromatic N) is 1. The molecule has 3 atom stereocenters. The van der Waals surface area contributed by atoms with Crippen molar-refractivity contribution in [3.8, 4) is 0 Å². The molecule has 1 unspecified atom stereocenters. The molecule has 0 radical (unpaired) electrons. The van der Waals surface area contributed by atoms with Crippen LogP contribution in [0.5, 0.6) is 0 Å². The average Bonchev–Trinajstić information content (AvgIpc) is 2.79. The second-order valence-electron chi connectivity index (χ2n) is 4.31. The molecule has 1 aliphatic heterocycles. The fourth-order valence-electron chi connectivity index (χ4n) is 2.19. The van der Waals surface area contributed by atoms with Gasteiger partial charge in [0.05, 0.1) is 0 Å². The molecular weight excluding hydrogens is 148 g/mol. The molecule has 0 amide bonds. The topological polar surface area (TPSA) is 29.3 Å². The average molecular weight is 166 g/mol. The third kappa shape index (κ3) is 1.41. The standard InChI is InChI=1S/C10H18N2/c1-7-5-9(8-3-4-8)10(11)6-12(7)2/h3-4,7-10H,5-6,11H2,1-2H3/t7-,9?,10+/m1/s1. The molecule has 1 fully saturated rings. The van der Waals surface area contributed by atoms with Crippen LogP contribution in [0.25, 0.3) is 0 Å². The van der Waals surface area contributed by atoms with E-state index in [0.717, 1.165) is 18.4 Å². The molecule has 0 bridgehead atoms. The van der Waals surface area contributed by atoms with Gasteiger partial charge >= 0.3 is 0 Å². The lowest BCUT2D eigenvalue weighted by Gasteiger charge is -2.39. The maximum Gasteiger partial charge on any atom is 0.0205 e. The summed E-state index contributed by atoms with van der Waals surface area (Å²) in [5, 5.41) is 0. The van der Waals surface area contributed by atoms with Crippen LogP contribution in [0.4, 0.5) is 0 Å². The second-order valence-corrected chi connectivity index (χ2v) is 4.31. The molecule has 2 nitrogen and oxygen atoms in total. The van der Waals surface area contributed by atoms with Gasteiger partial charge in [0.25, 0.3) is 0 Å². The van der Waals surface area contributed by atoms with Crippen LogP contribution < -0.4 is 5.73 Å². The number of hydrogen-bond donors (Lipinski definition) is 1. The van der Waals surface area contributed by atoms with E-state index in [2.05, 4.69) is 31.0 Å². The van der Waals surface area contributed by atoms with Crippen molar-refractivity contribution in [3.63, 3.8) is 0 Å². The van der Waals surface area contributed by atoms with Gasteiger partial charge in [0.15, 0.2) is 0 Å². The number of likely N-dealkylation sites (tertiary alicyclic amines) is 1. The quantitative estimate of drug-likeness (QED) is 0.585. The predicted octanol–water partition coefficient (Wildman–Crippen LogP) is 0.840. The van der Waals surface area contributed by atoms with E-state index in [9.17, 15) is 0 Å². The van der Waals surface area contributed by atoms with E-state index in [-0.39, 0.29) is 0 Å². The zero-order valence-corrected chi connectivity index (χ0v) is 7.90. The highest BCUT2D eigenvalue weighted by atomic mass is 15.1. The lowest BCUT2D eigenvalue weighted by Crippen LogP contribution is -2.51. The number of allylic oxidation sites excluding steroid dienone is 2. The number of hydrogen-bond acceptors (Lipinski definition) is 2. The first kappa shape index (κ1) is 8.27. The van der Waals surface area contributed by atoms with Crippen molar-refractivity contribution in [3.05, 3.63) is 12.2 Å². The molecule has 0 aromatic carbocycles. The van der Waals surface area contributed by atoms with E-state index >= 15 is 0 Å². The Balaban J connectivity index is 1.96. The van der Waals surface area contributed by atoms with Gasteiger partial charge in [-0.1, -0.05) is 12.2 Å². The Kier molecular flexibility index (Phi) is 1.97. The van der Waals surface area contributed by atoms with Gasteiger partial charge in [-0.2, -0.15) is 0 Å². The molecule has 12 heavy (non-hydrogen) atoms. The molecule has 2 rings (SSSR count). The van der Waals surface area contributed by atoms with Gasteiger partial charge in [-0.05, 0) is 32.2 Å². The minimum absolute atomic E-state index is 0.381. The summed E-state index contributed by atoms with van der Waals surface area (Å²) in [7, 11) is 2.17. The van der Waals surface area contributed by atoms with E-state index < -0.39 is 0 Å². The summed E-state index contributed by atoms with van der Waals surface area (Å²) in [6.07, 6.45) is 5.82. The summed E-state index contributed by atoms with van der Waals surface area (Å²) >= 11 is 0. The van der Waals surface area contributed by atoms with E-state index in [0.29, 0.717) is 12.1 Å². The fourth-order valence-corrected chi connectivity index (χ4v) is 2.19. The maximum atomic E-state index is 6.09. The minimum Gasteiger partial charge on any atom is -0.326 e. The molecule has 68 valence electrons. The lowest BCUT2D eigenvalue weighted by atomic mass is 9.84. The largest absolute Gasteiger partial charge is 0.326 e. The van der Waals surface area contributed by atoms with Gasteiger partial charge in [-0.15, -0.1) is 0 Å². The van der Waals surface area contributed by atoms with Crippen LogP contribution in [0.1, 0.15) is 13.3 Å². The molecule has 0 spiro atoms. The fraction of sp³-hybridized carbons (Fsp3) is 0.800. The summed E-state index contributed by atoms with van der Waals surface area (Å²) in [6, 6.07) is 1.09. The molecule has 2 N–H and O–H groups in total. The van der Waals surface area contributed by atoms with Crippen LogP contribution in [0.3, 0.4) is 0 Å². The van der Waals surface area contributed by atoms with Crippen molar-refractivity contribution >= 4 is 0 Å². The molecule has 1 saturated heterocycles. The first-order valence-corrected chi connectivity index (χ1v) is 4.82. The van der Waals surface area contributed by atoms with Crippen molar-refractivity contribution in [1.82, 2.24) is 4.90 Å². The lowest BCUT2D eigenvalue weighted by molar-refractivity contribution is 0.125. The summed E-state index contributed by atoms with van der Waals surface area (Å²) in [5.74, 6) is 1.45. The monoisotopic (exact) mass is 166 g/mol.